The van der Waals surface area contributed by atoms with Crippen LogP contribution in [0.1, 0.15) is 22.5 Å². The van der Waals surface area contributed by atoms with Gasteiger partial charge >= 0.3 is 0 Å². The highest BCUT2D eigenvalue weighted by Crippen LogP contribution is 2.20. The smallest absolute Gasteiger partial charge is 0.151 e. The molecule has 1 aromatic rings. The summed E-state index contributed by atoms with van der Waals surface area (Å²) < 4.78 is 0. The Morgan fingerprint density at radius 3 is 2.85 bits per heavy atom. The molecule has 13 heavy (non-hydrogen) atoms. The Labute approximate surface area is 76.6 Å². The minimum absolute atomic E-state index is 0.621. The van der Waals surface area contributed by atoms with Gasteiger partial charge in [-0.2, -0.15) is 0 Å². The van der Waals surface area contributed by atoms with E-state index in [9.17, 15) is 4.79 Å². The van der Waals surface area contributed by atoms with Gasteiger partial charge in [-0.05, 0) is 24.1 Å². The third-order valence-electron chi connectivity index (χ3n) is 2.02. The van der Waals surface area contributed by atoms with E-state index in [1.54, 1.807) is 12.3 Å². The first-order valence-corrected chi connectivity index (χ1v) is 4.17. The summed E-state index contributed by atoms with van der Waals surface area (Å²) in [4.78, 5) is 14.6. The molecule has 0 atom stereocenters. The van der Waals surface area contributed by atoms with Gasteiger partial charge in [-0.15, -0.1) is 0 Å². The van der Waals surface area contributed by atoms with Gasteiger partial charge in [-0.3, -0.25) is 9.78 Å². The number of hydrogen-bond donors (Lipinski definition) is 0. The molecule has 0 aliphatic heterocycles. The van der Waals surface area contributed by atoms with Crippen molar-refractivity contribution in [2.24, 2.45) is 0 Å². The second kappa shape index (κ2) is 3.35. The molecular weight excluding hydrogens is 162 g/mol. The fraction of sp³-hybridized carbons (Fsp3) is 0.0909. The van der Waals surface area contributed by atoms with Gasteiger partial charge < -0.3 is 0 Å². The van der Waals surface area contributed by atoms with Crippen molar-refractivity contribution < 1.29 is 4.79 Å². The zero-order chi connectivity index (χ0) is 9.10. The highest BCUT2D eigenvalue weighted by molar-refractivity contribution is 5.75. The maximum atomic E-state index is 10.4. The normalized spacial score (nSPS) is 14.3. The molecule has 0 bridgehead atoms. The number of allylic oxidation sites excluding steroid dienone is 4. The minimum Gasteiger partial charge on any atom is -0.298 e. The second-order valence-electron chi connectivity index (χ2n) is 2.92. The highest BCUT2D eigenvalue weighted by atomic mass is 16.1. The number of aromatic nitrogens is 1. The molecule has 2 heteroatoms. The van der Waals surface area contributed by atoms with Crippen molar-refractivity contribution >= 4 is 11.9 Å². The van der Waals surface area contributed by atoms with Crippen molar-refractivity contribution in [2.75, 3.05) is 0 Å². The summed E-state index contributed by atoms with van der Waals surface area (Å²) >= 11 is 0. The first-order valence-electron chi connectivity index (χ1n) is 4.17. The van der Waals surface area contributed by atoms with Gasteiger partial charge in [0.15, 0.2) is 6.29 Å². The van der Waals surface area contributed by atoms with Crippen LogP contribution in [0.5, 0.6) is 0 Å². The topological polar surface area (TPSA) is 30.0 Å². The number of carbonyl (C=O) groups excluding carboxylic acids is 1. The molecule has 2 rings (SSSR count). The van der Waals surface area contributed by atoms with Gasteiger partial charge in [0.25, 0.3) is 0 Å². The molecule has 0 saturated heterocycles. The quantitative estimate of drug-likeness (QED) is 0.639. The van der Waals surface area contributed by atoms with Gasteiger partial charge in [-0.1, -0.05) is 18.2 Å². The first-order chi connectivity index (χ1) is 6.40. The maximum Gasteiger partial charge on any atom is 0.151 e. The van der Waals surface area contributed by atoms with Crippen LogP contribution in [0, 0.1) is 0 Å². The summed E-state index contributed by atoms with van der Waals surface area (Å²) in [5.74, 6) is 0. The average Bonchev–Trinajstić information content (AvgIpc) is 2.71. The lowest BCUT2D eigenvalue weighted by Gasteiger charge is -1.99. The Kier molecular flexibility index (Phi) is 2.04. The predicted octanol–water partition coefficient (Wildman–Crippen LogP) is 2.24. The molecular formula is C11H9NO. The van der Waals surface area contributed by atoms with Crippen LogP contribution in [-0.4, -0.2) is 11.3 Å². The molecule has 0 fully saturated rings. The van der Waals surface area contributed by atoms with Crippen LogP contribution in [0.4, 0.5) is 0 Å². The highest BCUT2D eigenvalue weighted by Gasteiger charge is 2.03. The van der Waals surface area contributed by atoms with E-state index >= 15 is 0 Å². The third kappa shape index (κ3) is 1.56. The lowest BCUT2D eigenvalue weighted by molar-refractivity contribution is 0.112. The largest absolute Gasteiger partial charge is 0.298 e. The van der Waals surface area contributed by atoms with Crippen LogP contribution in [0.3, 0.4) is 0 Å². The fourth-order valence-electron chi connectivity index (χ4n) is 1.30. The van der Waals surface area contributed by atoms with Crippen LogP contribution in [0.2, 0.25) is 0 Å². The summed E-state index contributed by atoms with van der Waals surface area (Å²) in [5, 5.41) is 0. The Bertz CT molecular complexity index is 374. The fourth-order valence-corrected chi connectivity index (χ4v) is 1.30. The summed E-state index contributed by atoms with van der Waals surface area (Å²) in [6, 6.07) is 3.66. The van der Waals surface area contributed by atoms with Crippen LogP contribution >= 0.6 is 0 Å². The number of carbonyl (C=O) groups is 1. The van der Waals surface area contributed by atoms with Gasteiger partial charge in [0.1, 0.15) is 0 Å². The van der Waals surface area contributed by atoms with Crippen molar-refractivity contribution in [1.29, 1.82) is 0 Å². The zero-order valence-electron chi connectivity index (χ0n) is 7.10. The van der Waals surface area contributed by atoms with Gasteiger partial charge in [0.2, 0.25) is 0 Å². The molecule has 0 spiro atoms. The Morgan fingerprint density at radius 1 is 1.38 bits per heavy atom. The Morgan fingerprint density at radius 2 is 2.31 bits per heavy atom. The summed E-state index contributed by atoms with van der Waals surface area (Å²) in [6.07, 6.45) is 9.49. The zero-order valence-corrected chi connectivity index (χ0v) is 7.10. The molecule has 1 heterocycles. The molecule has 0 unspecified atom stereocenters. The average molecular weight is 171 g/mol. The van der Waals surface area contributed by atoms with Crippen molar-refractivity contribution in [3.8, 4) is 0 Å². The van der Waals surface area contributed by atoms with Gasteiger partial charge in [0, 0.05) is 11.8 Å². The monoisotopic (exact) mass is 171 g/mol. The van der Waals surface area contributed by atoms with E-state index in [1.807, 2.05) is 18.2 Å². The van der Waals surface area contributed by atoms with E-state index in [0.29, 0.717) is 5.56 Å². The van der Waals surface area contributed by atoms with E-state index in [-0.39, 0.29) is 0 Å². The summed E-state index contributed by atoms with van der Waals surface area (Å²) in [7, 11) is 0. The molecule has 0 amide bonds. The van der Waals surface area contributed by atoms with Gasteiger partial charge in [0.05, 0.1) is 5.69 Å². The van der Waals surface area contributed by atoms with E-state index in [0.717, 1.165) is 18.4 Å². The van der Waals surface area contributed by atoms with Gasteiger partial charge in [-0.25, -0.2) is 0 Å². The van der Waals surface area contributed by atoms with Crippen LogP contribution in [0.25, 0.3) is 5.57 Å². The Hall–Kier alpha value is -1.70. The maximum absolute atomic E-state index is 10.4. The lowest BCUT2D eigenvalue weighted by Crippen LogP contribution is -1.88. The van der Waals surface area contributed by atoms with E-state index in [2.05, 4.69) is 11.1 Å². The third-order valence-corrected chi connectivity index (χ3v) is 2.02. The molecule has 1 aliphatic rings. The van der Waals surface area contributed by atoms with E-state index in [1.165, 1.54) is 5.57 Å². The standard InChI is InChI=1S/C11H9NO/c13-8-9-5-6-11(12-7-9)10-3-1-2-4-10/h1-3,5-8H,4H2. The number of aldehydes is 1. The summed E-state index contributed by atoms with van der Waals surface area (Å²) in [6.45, 7) is 0. The second-order valence-corrected chi connectivity index (χ2v) is 2.92. The molecule has 0 saturated carbocycles. The van der Waals surface area contributed by atoms with Crippen LogP contribution in [0.15, 0.2) is 36.6 Å². The van der Waals surface area contributed by atoms with Crippen LogP contribution in [-0.2, 0) is 0 Å². The molecule has 0 radical (unpaired) electrons. The minimum atomic E-state index is 0.621. The van der Waals surface area contributed by atoms with Crippen molar-refractivity contribution in [1.82, 2.24) is 4.98 Å². The van der Waals surface area contributed by atoms with Crippen LogP contribution < -0.4 is 0 Å². The Balaban J connectivity index is 2.28. The SMILES string of the molecule is O=Cc1ccc(C2=CC=CC2)nc1. The molecule has 1 aliphatic carbocycles. The molecule has 0 aromatic carbocycles. The number of hydrogen-bond acceptors (Lipinski definition) is 2. The molecule has 2 nitrogen and oxygen atoms in total. The molecule has 0 N–H and O–H groups in total. The van der Waals surface area contributed by atoms with Crippen molar-refractivity contribution in [3.05, 3.63) is 47.8 Å². The van der Waals surface area contributed by atoms with Crippen molar-refractivity contribution in [3.63, 3.8) is 0 Å². The predicted molar refractivity (Wildman–Crippen MR) is 51.4 cm³/mol. The lowest BCUT2D eigenvalue weighted by atomic mass is 10.1. The van der Waals surface area contributed by atoms with E-state index in [4.69, 9.17) is 0 Å². The number of rotatable bonds is 2. The first kappa shape index (κ1) is 7.92. The summed E-state index contributed by atoms with van der Waals surface area (Å²) in [5.41, 5.74) is 2.78. The number of nitrogens with zero attached hydrogens (tertiary/aromatic N) is 1. The number of pyridine rings is 1. The molecule has 64 valence electrons. The van der Waals surface area contributed by atoms with E-state index < -0.39 is 0 Å². The van der Waals surface area contributed by atoms with Crippen molar-refractivity contribution in [2.45, 2.75) is 6.42 Å². The molecule has 1 aromatic heterocycles.